The van der Waals surface area contributed by atoms with E-state index in [2.05, 4.69) is 18.9 Å². The van der Waals surface area contributed by atoms with Crippen molar-refractivity contribution >= 4 is 5.71 Å². The summed E-state index contributed by atoms with van der Waals surface area (Å²) in [5, 5.41) is 13.3. The van der Waals surface area contributed by atoms with Gasteiger partial charge in [0.15, 0.2) is 5.03 Å². The fourth-order valence-electron chi connectivity index (χ4n) is 2.76. The molecule has 2 heterocycles. The Hall–Kier alpha value is -0.970. The van der Waals surface area contributed by atoms with Gasteiger partial charge < -0.3 is 4.74 Å². The van der Waals surface area contributed by atoms with Gasteiger partial charge in [-0.05, 0) is 39.5 Å². The molecule has 0 spiro atoms. The molecule has 84 valence electrons. The maximum absolute atomic E-state index is 10.4. The second kappa shape index (κ2) is 3.01. The van der Waals surface area contributed by atoms with Crippen molar-refractivity contribution in [3.05, 3.63) is 10.1 Å². The highest BCUT2D eigenvalue weighted by molar-refractivity contribution is 5.93. The molecule has 2 bridgehead atoms. The van der Waals surface area contributed by atoms with Crippen LogP contribution in [-0.4, -0.2) is 21.9 Å². The molecule has 3 aliphatic rings. The second-order valence-electron chi connectivity index (χ2n) is 5.16. The van der Waals surface area contributed by atoms with E-state index >= 15 is 0 Å². The molecule has 0 aromatic carbocycles. The van der Waals surface area contributed by atoms with Crippen LogP contribution in [-0.2, 0) is 4.74 Å². The lowest BCUT2D eigenvalue weighted by atomic mass is 9.68. The van der Waals surface area contributed by atoms with Crippen molar-refractivity contribution in [2.24, 2.45) is 11.0 Å². The summed E-state index contributed by atoms with van der Waals surface area (Å²) in [4.78, 5) is 10.4. The van der Waals surface area contributed by atoms with Gasteiger partial charge in [0.2, 0.25) is 0 Å². The summed E-state index contributed by atoms with van der Waals surface area (Å²) in [6, 6.07) is 0. The quantitative estimate of drug-likeness (QED) is 0.493. The van der Waals surface area contributed by atoms with Crippen LogP contribution in [0.2, 0.25) is 0 Å². The molecule has 3 rings (SSSR count). The minimum atomic E-state index is -0.613. The minimum Gasteiger partial charge on any atom is -0.363 e. The fourth-order valence-corrected chi connectivity index (χ4v) is 2.76. The van der Waals surface area contributed by atoms with Crippen molar-refractivity contribution in [1.29, 1.82) is 0 Å². The van der Waals surface area contributed by atoms with Crippen LogP contribution in [0.25, 0.3) is 0 Å². The predicted octanol–water partition coefficient (Wildman–Crippen LogP) is 1.99. The van der Waals surface area contributed by atoms with E-state index in [9.17, 15) is 10.1 Å². The van der Waals surface area contributed by atoms with Gasteiger partial charge in [-0.2, -0.15) is 0 Å². The first kappa shape index (κ1) is 10.5. The highest BCUT2D eigenvalue weighted by Gasteiger charge is 2.53. The molecule has 5 nitrogen and oxygen atoms in total. The maximum Gasteiger partial charge on any atom is 0.190 e. The third-order valence-electron chi connectivity index (χ3n) is 3.69. The summed E-state index contributed by atoms with van der Waals surface area (Å²) < 4.78 is 5.94. The van der Waals surface area contributed by atoms with Gasteiger partial charge in [-0.25, -0.2) is 10.1 Å². The van der Waals surface area contributed by atoms with Crippen LogP contribution in [0.3, 0.4) is 0 Å². The van der Waals surface area contributed by atoms with E-state index in [0.717, 1.165) is 12.8 Å². The first-order chi connectivity index (χ1) is 6.83. The van der Waals surface area contributed by atoms with Gasteiger partial charge in [-0.15, -0.1) is 0 Å². The number of hydrazone groups is 1. The first-order valence-electron chi connectivity index (χ1n) is 5.26. The smallest absolute Gasteiger partial charge is 0.190 e. The zero-order valence-corrected chi connectivity index (χ0v) is 9.32. The SMILES string of the molecule is CC1(C)O[C@@]2(C)CCC1CC2=N[N+](=O)[O-]. The number of hydrogen-bond acceptors (Lipinski definition) is 3. The molecule has 2 atom stereocenters. The minimum absolute atomic E-state index is 0.178. The molecule has 0 aromatic heterocycles. The van der Waals surface area contributed by atoms with Crippen molar-refractivity contribution < 1.29 is 9.77 Å². The number of fused-ring (bicyclic) bond motifs is 3. The third kappa shape index (κ3) is 1.65. The molecule has 0 amide bonds. The van der Waals surface area contributed by atoms with E-state index in [-0.39, 0.29) is 5.60 Å². The standard InChI is InChI=1S/C10H16N2O3/c1-9(2)7-4-5-10(3,15-9)8(6-7)11-12(13)14/h7H,4-6H2,1-3H3/t7?,10-/m0/s1. The summed E-state index contributed by atoms with van der Waals surface area (Å²) in [6.07, 6.45) is 2.61. The molecule has 2 saturated heterocycles. The molecule has 1 saturated carbocycles. The van der Waals surface area contributed by atoms with Crippen LogP contribution in [0.4, 0.5) is 0 Å². The van der Waals surface area contributed by atoms with E-state index in [0.29, 0.717) is 18.1 Å². The van der Waals surface area contributed by atoms with Gasteiger partial charge in [0.1, 0.15) is 11.3 Å². The third-order valence-corrected chi connectivity index (χ3v) is 3.69. The van der Waals surface area contributed by atoms with Crippen LogP contribution < -0.4 is 0 Å². The van der Waals surface area contributed by atoms with Crippen molar-refractivity contribution in [3.8, 4) is 0 Å². The van der Waals surface area contributed by atoms with Crippen molar-refractivity contribution in [2.75, 3.05) is 0 Å². The van der Waals surface area contributed by atoms with E-state index < -0.39 is 10.6 Å². The number of nitro groups is 1. The molecule has 1 aliphatic carbocycles. The average molecular weight is 212 g/mol. The van der Waals surface area contributed by atoms with Crippen LogP contribution in [0.15, 0.2) is 5.10 Å². The Morgan fingerprint density at radius 2 is 2.20 bits per heavy atom. The Morgan fingerprint density at radius 1 is 1.53 bits per heavy atom. The summed E-state index contributed by atoms with van der Waals surface area (Å²) in [5.41, 5.74) is -0.100. The number of nitrogens with zero attached hydrogens (tertiary/aromatic N) is 2. The Balaban J connectivity index is 2.32. The monoisotopic (exact) mass is 212 g/mol. The Kier molecular flexibility index (Phi) is 2.12. The van der Waals surface area contributed by atoms with Crippen molar-refractivity contribution in [2.45, 2.75) is 51.2 Å². The molecular weight excluding hydrogens is 196 g/mol. The van der Waals surface area contributed by atoms with E-state index in [1.807, 2.05) is 6.92 Å². The van der Waals surface area contributed by atoms with Gasteiger partial charge in [0.05, 0.1) is 10.7 Å². The first-order valence-corrected chi connectivity index (χ1v) is 5.26. The molecule has 1 unspecified atom stereocenters. The highest BCUT2D eigenvalue weighted by Crippen LogP contribution is 2.48. The summed E-state index contributed by atoms with van der Waals surface area (Å²) >= 11 is 0. The normalized spacial score (nSPS) is 40.7. The second-order valence-corrected chi connectivity index (χ2v) is 5.16. The Bertz CT molecular complexity index is 338. The van der Waals surface area contributed by atoms with Gasteiger partial charge in [0.25, 0.3) is 0 Å². The number of ether oxygens (including phenoxy) is 1. The molecule has 5 heteroatoms. The lowest BCUT2D eigenvalue weighted by molar-refractivity contribution is -0.486. The number of rotatable bonds is 1. The lowest BCUT2D eigenvalue weighted by Crippen LogP contribution is -2.59. The zero-order valence-electron chi connectivity index (χ0n) is 9.32. The molecule has 0 N–H and O–H groups in total. The fraction of sp³-hybridized carbons (Fsp3) is 0.900. The Morgan fingerprint density at radius 3 is 2.67 bits per heavy atom. The lowest BCUT2D eigenvalue weighted by Gasteiger charge is -2.53. The van der Waals surface area contributed by atoms with Gasteiger partial charge >= 0.3 is 0 Å². The van der Waals surface area contributed by atoms with Crippen LogP contribution in [0.1, 0.15) is 40.0 Å². The maximum atomic E-state index is 10.4. The molecule has 2 aliphatic heterocycles. The van der Waals surface area contributed by atoms with E-state index in [1.54, 1.807) is 0 Å². The summed E-state index contributed by atoms with van der Waals surface area (Å²) in [5.74, 6) is 0.359. The molecule has 3 fully saturated rings. The highest BCUT2D eigenvalue weighted by atomic mass is 16.7. The molecule has 0 aromatic rings. The predicted molar refractivity (Wildman–Crippen MR) is 55.3 cm³/mol. The van der Waals surface area contributed by atoms with Crippen LogP contribution >= 0.6 is 0 Å². The van der Waals surface area contributed by atoms with Crippen molar-refractivity contribution in [3.63, 3.8) is 0 Å². The zero-order chi connectivity index (χ0) is 11.3. The Labute approximate surface area is 88.6 Å². The molecule has 0 radical (unpaired) electrons. The van der Waals surface area contributed by atoms with Gasteiger partial charge in [-0.3, -0.25) is 0 Å². The number of hydrogen-bond donors (Lipinski definition) is 0. The molecular formula is C10H16N2O3. The summed E-state index contributed by atoms with van der Waals surface area (Å²) in [6.45, 7) is 6.02. The molecule has 15 heavy (non-hydrogen) atoms. The average Bonchev–Trinajstić information content (AvgIpc) is 2.04. The van der Waals surface area contributed by atoms with Crippen LogP contribution in [0, 0.1) is 16.0 Å². The van der Waals surface area contributed by atoms with E-state index in [4.69, 9.17) is 4.74 Å². The van der Waals surface area contributed by atoms with Crippen molar-refractivity contribution in [1.82, 2.24) is 0 Å². The van der Waals surface area contributed by atoms with Gasteiger partial charge in [-0.1, -0.05) is 0 Å². The van der Waals surface area contributed by atoms with Gasteiger partial charge in [0, 0.05) is 6.42 Å². The van der Waals surface area contributed by atoms with Crippen LogP contribution in [0.5, 0.6) is 0 Å². The van der Waals surface area contributed by atoms with E-state index in [1.165, 1.54) is 0 Å². The topological polar surface area (TPSA) is 64.7 Å². The largest absolute Gasteiger partial charge is 0.363 e. The summed E-state index contributed by atoms with van der Waals surface area (Å²) in [7, 11) is 0.